The summed E-state index contributed by atoms with van der Waals surface area (Å²) in [6.07, 6.45) is 0. The first-order valence-electron chi connectivity index (χ1n) is 8.09. The van der Waals surface area contributed by atoms with E-state index >= 15 is 0 Å². The van der Waals surface area contributed by atoms with Crippen molar-refractivity contribution in [3.63, 3.8) is 0 Å². The molecule has 0 aliphatic rings. The fourth-order valence-corrected chi connectivity index (χ4v) is 2.42. The maximum atomic E-state index is 12.4. The van der Waals surface area contributed by atoms with E-state index in [1.807, 2.05) is 51.0 Å². The van der Waals surface area contributed by atoms with Crippen LogP contribution in [0.5, 0.6) is 0 Å². The van der Waals surface area contributed by atoms with Gasteiger partial charge in [0.15, 0.2) is 5.82 Å². The number of nitrogens with one attached hydrogen (secondary N) is 2. The number of aromatic amines is 1. The van der Waals surface area contributed by atoms with Crippen LogP contribution in [0, 0.1) is 13.8 Å². The third kappa shape index (κ3) is 3.66. The molecule has 1 aromatic carbocycles. The number of hydrogen-bond acceptors (Lipinski definition) is 7. The van der Waals surface area contributed by atoms with Crippen LogP contribution in [-0.2, 0) is 6.54 Å². The zero-order chi connectivity index (χ0) is 18.7. The van der Waals surface area contributed by atoms with Gasteiger partial charge in [0.1, 0.15) is 0 Å². The highest BCUT2D eigenvalue weighted by Crippen LogP contribution is 2.25. The van der Waals surface area contributed by atoms with Gasteiger partial charge in [0.05, 0.1) is 12.2 Å². The van der Waals surface area contributed by atoms with Crippen LogP contribution in [0.3, 0.4) is 0 Å². The number of carbonyl (C=O) groups is 1. The second kappa shape index (κ2) is 7.26. The molecule has 26 heavy (non-hydrogen) atoms. The Labute approximate surface area is 150 Å². The standard InChI is InChI=1S/C17H20N8O/c1-10-11(2)19-17(25(3)4)20-15(10)12-6-5-7-13(8-12)16(26)18-9-14-21-23-24-22-14/h5-8H,9H2,1-4H3,(H,18,26)(H,21,22,23,24). The van der Waals surface area contributed by atoms with Gasteiger partial charge in [0.2, 0.25) is 5.95 Å². The van der Waals surface area contributed by atoms with Gasteiger partial charge < -0.3 is 10.2 Å². The van der Waals surface area contributed by atoms with Gasteiger partial charge in [-0.15, -0.1) is 10.2 Å². The normalized spacial score (nSPS) is 10.6. The summed E-state index contributed by atoms with van der Waals surface area (Å²) in [7, 11) is 3.80. The number of amides is 1. The highest BCUT2D eigenvalue weighted by molar-refractivity contribution is 5.95. The second-order valence-electron chi connectivity index (χ2n) is 6.07. The van der Waals surface area contributed by atoms with Crippen molar-refractivity contribution in [2.24, 2.45) is 0 Å². The molecule has 0 aliphatic heterocycles. The van der Waals surface area contributed by atoms with E-state index in [0.29, 0.717) is 17.3 Å². The molecule has 1 amide bonds. The SMILES string of the molecule is Cc1nc(N(C)C)nc(-c2cccc(C(=O)NCc3nn[nH]n3)c2)c1C. The van der Waals surface area contributed by atoms with Crippen LogP contribution < -0.4 is 10.2 Å². The number of H-pyrrole nitrogens is 1. The van der Waals surface area contributed by atoms with Crippen LogP contribution in [-0.4, -0.2) is 50.6 Å². The van der Waals surface area contributed by atoms with Gasteiger partial charge in [0, 0.05) is 30.9 Å². The number of carbonyl (C=O) groups excluding carboxylic acids is 1. The van der Waals surface area contributed by atoms with E-state index in [1.165, 1.54) is 0 Å². The minimum atomic E-state index is -0.215. The highest BCUT2D eigenvalue weighted by Gasteiger charge is 2.14. The van der Waals surface area contributed by atoms with Gasteiger partial charge in [-0.3, -0.25) is 4.79 Å². The lowest BCUT2D eigenvalue weighted by Crippen LogP contribution is -2.23. The Morgan fingerprint density at radius 1 is 1.23 bits per heavy atom. The lowest BCUT2D eigenvalue weighted by atomic mass is 10.0. The molecule has 0 atom stereocenters. The Morgan fingerprint density at radius 3 is 2.73 bits per heavy atom. The Morgan fingerprint density at radius 2 is 2.04 bits per heavy atom. The van der Waals surface area contributed by atoms with Crippen LogP contribution >= 0.6 is 0 Å². The minimum Gasteiger partial charge on any atom is -0.347 e. The van der Waals surface area contributed by atoms with Gasteiger partial charge in [-0.1, -0.05) is 17.3 Å². The molecule has 2 N–H and O–H groups in total. The summed E-state index contributed by atoms with van der Waals surface area (Å²) in [5, 5.41) is 16.2. The summed E-state index contributed by atoms with van der Waals surface area (Å²) in [6.45, 7) is 4.14. The van der Waals surface area contributed by atoms with Crippen molar-refractivity contribution >= 4 is 11.9 Å². The average Bonchev–Trinajstić information content (AvgIpc) is 3.15. The van der Waals surface area contributed by atoms with Gasteiger partial charge in [0.25, 0.3) is 5.91 Å². The van der Waals surface area contributed by atoms with Crippen molar-refractivity contribution in [3.8, 4) is 11.3 Å². The van der Waals surface area contributed by atoms with Crippen molar-refractivity contribution in [2.45, 2.75) is 20.4 Å². The Kier molecular flexibility index (Phi) is 4.87. The van der Waals surface area contributed by atoms with E-state index < -0.39 is 0 Å². The molecule has 0 radical (unpaired) electrons. The lowest BCUT2D eigenvalue weighted by molar-refractivity contribution is 0.0950. The van der Waals surface area contributed by atoms with Gasteiger partial charge in [-0.05, 0) is 31.5 Å². The molecule has 0 saturated heterocycles. The molecule has 134 valence electrons. The maximum Gasteiger partial charge on any atom is 0.251 e. The zero-order valence-electron chi connectivity index (χ0n) is 15.1. The molecular formula is C17H20N8O. The van der Waals surface area contributed by atoms with Crippen molar-refractivity contribution in [3.05, 3.63) is 46.9 Å². The molecule has 9 heteroatoms. The van der Waals surface area contributed by atoms with Crippen LogP contribution in [0.15, 0.2) is 24.3 Å². The maximum absolute atomic E-state index is 12.4. The summed E-state index contributed by atoms with van der Waals surface area (Å²) >= 11 is 0. The summed E-state index contributed by atoms with van der Waals surface area (Å²) in [5.41, 5.74) is 4.11. The van der Waals surface area contributed by atoms with Crippen molar-refractivity contribution in [1.82, 2.24) is 35.9 Å². The predicted octanol–water partition coefficient (Wildman–Crippen LogP) is 1.27. The fraction of sp³-hybridized carbons (Fsp3) is 0.294. The van der Waals surface area contributed by atoms with Crippen LogP contribution in [0.25, 0.3) is 11.3 Å². The predicted molar refractivity (Wildman–Crippen MR) is 96.6 cm³/mol. The minimum absolute atomic E-state index is 0.204. The number of nitrogens with zero attached hydrogens (tertiary/aromatic N) is 6. The Bertz CT molecular complexity index is 921. The van der Waals surface area contributed by atoms with E-state index in [1.54, 1.807) is 6.07 Å². The largest absolute Gasteiger partial charge is 0.347 e. The molecule has 0 saturated carbocycles. The zero-order valence-corrected chi connectivity index (χ0v) is 15.1. The molecule has 3 rings (SSSR count). The van der Waals surface area contributed by atoms with E-state index in [0.717, 1.165) is 22.5 Å². The molecule has 0 spiro atoms. The average molecular weight is 352 g/mol. The number of anilines is 1. The molecule has 0 aliphatic carbocycles. The van der Waals surface area contributed by atoms with Gasteiger partial charge in [-0.2, -0.15) is 5.21 Å². The number of tetrazole rings is 1. The molecule has 0 fully saturated rings. The second-order valence-corrected chi connectivity index (χ2v) is 6.07. The molecule has 0 bridgehead atoms. The van der Waals surface area contributed by atoms with Crippen molar-refractivity contribution in [1.29, 1.82) is 0 Å². The molecule has 0 unspecified atom stereocenters. The third-order valence-electron chi connectivity index (χ3n) is 3.97. The third-order valence-corrected chi connectivity index (χ3v) is 3.97. The van der Waals surface area contributed by atoms with Crippen LogP contribution in [0.4, 0.5) is 5.95 Å². The van der Waals surface area contributed by atoms with E-state index in [9.17, 15) is 4.79 Å². The van der Waals surface area contributed by atoms with E-state index in [-0.39, 0.29) is 12.5 Å². The summed E-state index contributed by atoms with van der Waals surface area (Å²) in [5.74, 6) is 0.843. The summed E-state index contributed by atoms with van der Waals surface area (Å²) < 4.78 is 0. The molecule has 9 nitrogen and oxygen atoms in total. The van der Waals surface area contributed by atoms with Crippen LogP contribution in [0.2, 0.25) is 0 Å². The highest BCUT2D eigenvalue weighted by atomic mass is 16.1. The lowest BCUT2D eigenvalue weighted by Gasteiger charge is -2.15. The first kappa shape index (κ1) is 17.5. The molecule has 2 aromatic heterocycles. The topological polar surface area (TPSA) is 113 Å². The molecule has 2 heterocycles. The number of benzene rings is 1. The number of aromatic nitrogens is 6. The van der Waals surface area contributed by atoms with Gasteiger partial charge in [-0.25, -0.2) is 9.97 Å². The number of aryl methyl sites for hydroxylation is 1. The smallest absolute Gasteiger partial charge is 0.251 e. The molecular weight excluding hydrogens is 332 g/mol. The Hall–Kier alpha value is -3.36. The van der Waals surface area contributed by atoms with Crippen molar-refractivity contribution < 1.29 is 4.79 Å². The first-order valence-corrected chi connectivity index (χ1v) is 8.09. The number of rotatable bonds is 5. The van der Waals surface area contributed by atoms with Gasteiger partial charge >= 0.3 is 0 Å². The van der Waals surface area contributed by atoms with E-state index in [4.69, 9.17) is 0 Å². The summed E-state index contributed by atoms with van der Waals surface area (Å²) in [4.78, 5) is 23.4. The fourth-order valence-electron chi connectivity index (χ4n) is 2.42. The van der Waals surface area contributed by atoms with Crippen LogP contribution in [0.1, 0.15) is 27.4 Å². The van der Waals surface area contributed by atoms with E-state index in [2.05, 4.69) is 35.9 Å². The quantitative estimate of drug-likeness (QED) is 0.711. The molecule has 3 aromatic rings. The monoisotopic (exact) mass is 352 g/mol. The summed E-state index contributed by atoms with van der Waals surface area (Å²) in [6, 6.07) is 7.35. The van der Waals surface area contributed by atoms with Crippen molar-refractivity contribution in [2.75, 3.05) is 19.0 Å². The Balaban J connectivity index is 1.88. The first-order chi connectivity index (χ1) is 12.5. The number of hydrogen-bond donors (Lipinski definition) is 2.